The SMILES string of the molecule is CC(C)N1CCN(C(CN)c2c(Br)nc(-c3ccccc3)n2C)CC1. The minimum atomic E-state index is 0.179. The molecule has 1 aliphatic rings. The van der Waals surface area contributed by atoms with Gasteiger partial charge in [-0.15, -0.1) is 0 Å². The normalized spacial score (nSPS) is 18.0. The Bertz CT molecular complexity index is 689. The summed E-state index contributed by atoms with van der Waals surface area (Å²) in [4.78, 5) is 9.80. The van der Waals surface area contributed by atoms with Crippen molar-refractivity contribution in [3.63, 3.8) is 0 Å². The largest absolute Gasteiger partial charge is 0.329 e. The smallest absolute Gasteiger partial charge is 0.141 e. The third-order valence-corrected chi connectivity index (χ3v) is 5.77. The Morgan fingerprint density at radius 3 is 2.24 bits per heavy atom. The molecule has 0 saturated carbocycles. The van der Waals surface area contributed by atoms with Gasteiger partial charge in [0.25, 0.3) is 0 Å². The maximum Gasteiger partial charge on any atom is 0.141 e. The molecule has 2 N–H and O–H groups in total. The first-order valence-electron chi connectivity index (χ1n) is 8.98. The molecule has 0 bridgehead atoms. The first-order chi connectivity index (χ1) is 12.0. The standard InChI is InChI=1S/C19H28BrN5/c1-14(2)24-9-11-25(12-10-24)16(13-21)17-18(20)22-19(23(17)3)15-7-5-4-6-8-15/h4-8,14,16H,9-13,21H2,1-3H3. The van der Waals surface area contributed by atoms with Crippen LogP contribution in [0.3, 0.4) is 0 Å². The Morgan fingerprint density at radius 2 is 1.68 bits per heavy atom. The number of benzene rings is 1. The lowest BCUT2D eigenvalue weighted by atomic mass is 10.1. The molecule has 0 amide bonds. The van der Waals surface area contributed by atoms with Crippen molar-refractivity contribution in [2.45, 2.75) is 25.9 Å². The molecule has 3 rings (SSSR count). The van der Waals surface area contributed by atoms with Crippen LogP contribution < -0.4 is 5.73 Å². The molecule has 2 aromatic rings. The number of piperazine rings is 1. The Kier molecular flexibility index (Phi) is 5.94. The van der Waals surface area contributed by atoms with Gasteiger partial charge >= 0.3 is 0 Å². The second-order valence-corrected chi connectivity index (χ2v) is 7.70. The third-order valence-electron chi connectivity index (χ3n) is 5.19. The second kappa shape index (κ2) is 7.99. The molecule has 0 spiro atoms. The number of aromatic nitrogens is 2. The quantitative estimate of drug-likeness (QED) is 0.830. The number of imidazole rings is 1. The van der Waals surface area contributed by atoms with Gasteiger partial charge in [-0.3, -0.25) is 9.80 Å². The summed E-state index contributed by atoms with van der Waals surface area (Å²) in [6, 6.07) is 11.1. The zero-order valence-electron chi connectivity index (χ0n) is 15.3. The molecule has 136 valence electrons. The molecule has 1 unspecified atom stereocenters. The molecule has 1 atom stereocenters. The zero-order valence-corrected chi connectivity index (χ0v) is 16.9. The second-order valence-electron chi connectivity index (χ2n) is 6.95. The van der Waals surface area contributed by atoms with Crippen molar-refractivity contribution < 1.29 is 0 Å². The summed E-state index contributed by atoms with van der Waals surface area (Å²) < 4.78 is 3.08. The van der Waals surface area contributed by atoms with Crippen molar-refractivity contribution in [1.29, 1.82) is 0 Å². The summed E-state index contributed by atoms with van der Waals surface area (Å²) in [7, 11) is 2.09. The van der Waals surface area contributed by atoms with Crippen LogP contribution in [0.1, 0.15) is 25.6 Å². The van der Waals surface area contributed by atoms with Crippen LogP contribution in [0, 0.1) is 0 Å². The molecule has 1 fully saturated rings. The summed E-state index contributed by atoms with van der Waals surface area (Å²) >= 11 is 3.68. The number of nitrogens with two attached hydrogens (primary N) is 1. The van der Waals surface area contributed by atoms with Crippen LogP contribution in [0.15, 0.2) is 34.9 Å². The van der Waals surface area contributed by atoms with Crippen LogP contribution in [-0.4, -0.2) is 58.1 Å². The van der Waals surface area contributed by atoms with Crippen LogP contribution in [-0.2, 0) is 7.05 Å². The monoisotopic (exact) mass is 405 g/mol. The van der Waals surface area contributed by atoms with Gasteiger partial charge in [0.15, 0.2) is 0 Å². The van der Waals surface area contributed by atoms with Crippen molar-refractivity contribution in [3.8, 4) is 11.4 Å². The number of halogens is 1. The van der Waals surface area contributed by atoms with Gasteiger partial charge in [0.05, 0.1) is 11.7 Å². The number of hydrogen-bond donors (Lipinski definition) is 1. The fraction of sp³-hybridized carbons (Fsp3) is 0.526. The lowest BCUT2D eigenvalue weighted by Crippen LogP contribution is -2.51. The van der Waals surface area contributed by atoms with Crippen molar-refractivity contribution in [2.75, 3.05) is 32.7 Å². The summed E-state index contributed by atoms with van der Waals surface area (Å²) in [5.41, 5.74) is 8.49. The highest BCUT2D eigenvalue weighted by Gasteiger charge is 2.29. The fourth-order valence-corrected chi connectivity index (χ4v) is 4.38. The van der Waals surface area contributed by atoms with Crippen LogP contribution in [0.2, 0.25) is 0 Å². The topological polar surface area (TPSA) is 50.3 Å². The van der Waals surface area contributed by atoms with Gasteiger partial charge in [-0.25, -0.2) is 4.98 Å². The van der Waals surface area contributed by atoms with E-state index in [1.807, 2.05) is 18.2 Å². The van der Waals surface area contributed by atoms with Crippen molar-refractivity contribution in [3.05, 3.63) is 40.6 Å². The molecule has 1 aliphatic heterocycles. The van der Waals surface area contributed by atoms with E-state index in [0.717, 1.165) is 42.2 Å². The maximum absolute atomic E-state index is 6.20. The average Bonchev–Trinajstić information content (AvgIpc) is 2.92. The van der Waals surface area contributed by atoms with E-state index in [9.17, 15) is 0 Å². The number of hydrogen-bond acceptors (Lipinski definition) is 4. The Hall–Kier alpha value is -1.21. The number of rotatable bonds is 5. The van der Waals surface area contributed by atoms with Crippen LogP contribution in [0.5, 0.6) is 0 Å². The third kappa shape index (κ3) is 3.82. The highest BCUT2D eigenvalue weighted by Crippen LogP contribution is 2.32. The van der Waals surface area contributed by atoms with Gasteiger partial charge in [0.1, 0.15) is 10.4 Å². The van der Waals surface area contributed by atoms with Gasteiger partial charge < -0.3 is 10.3 Å². The van der Waals surface area contributed by atoms with Crippen molar-refractivity contribution in [2.24, 2.45) is 12.8 Å². The lowest BCUT2D eigenvalue weighted by Gasteiger charge is -2.40. The molecule has 0 radical (unpaired) electrons. The van der Waals surface area contributed by atoms with E-state index in [0.29, 0.717) is 12.6 Å². The molecule has 5 nitrogen and oxygen atoms in total. The van der Waals surface area contributed by atoms with Crippen molar-refractivity contribution in [1.82, 2.24) is 19.4 Å². The predicted octanol–water partition coefficient (Wildman–Crippen LogP) is 2.88. The first kappa shape index (κ1) is 18.6. The van der Waals surface area contributed by atoms with E-state index in [4.69, 9.17) is 10.7 Å². The molecule has 6 heteroatoms. The van der Waals surface area contributed by atoms with E-state index >= 15 is 0 Å². The lowest BCUT2D eigenvalue weighted by molar-refractivity contribution is 0.0778. The Balaban J connectivity index is 1.86. The summed E-state index contributed by atoms with van der Waals surface area (Å²) in [5, 5.41) is 0. The molecule has 0 aliphatic carbocycles. The Labute approximate surface area is 158 Å². The highest BCUT2D eigenvalue weighted by molar-refractivity contribution is 9.10. The molecular formula is C19H28BrN5. The highest BCUT2D eigenvalue weighted by atomic mass is 79.9. The molecule has 1 saturated heterocycles. The summed E-state index contributed by atoms with van der Waals surface area (Å²) in [5.74, 6) is 0.974. The van der Waals surface area contributed by atoms with Crippen molar-refractivity contribution >= 4 is 15.9 Å². The summed E-state index contributed by atoms with van der Waals surface area (Å²) in [6.45, 7) is 9.38. The number of nitrogens with zero attached hydrogens (tertiary/aromatic N) is 4. The molecular weight excluding hydrogens is 378 g/mol. The van der Waals surface area contributed by atoms with E-state index in [1.165, 1.54) is 5.69 Å². The van der Waals surface area contributed by atoms with E-state index in [2.05, 4.69) is 63.3 Å². The van der Waals surface area contributed by atoms with Gasteiger partial charge in [0.2, 0.25) is 0 Å². The zero-order chi connectivity index (χ0) is 18.0. The van der Waals surface area contributed by atoms with E-state index in [-0.39, 0.29) is 6.04 Å². The maximum atomic E-state index is 6.20. The average molecular weight is 406 g/mol. The van der Waals surface area contributed by atoms with Crippen LogP contribution >= 0.6 is 15.9 Å². The first-order valence-corrected chi connectivity index (χ1v) is 9.78. The van der Waals surface area contributed by atoms with Crippen LogP contribution in [0.25, 0.3) is 11.4 Å². The molecule has 2 heterocycles. The van der Waals surface area contributed by atoms with Crippen LogP contribution in [0.4, 0.5) is 0 Å². The van der Waals surface area contributed by atoms with Gasteiger partial charge in [-0.05, 0) is 29.8 Å². The van der Waals surface area contributed by atoms with Gasteiger partial charge in [-0.1, -0.05) is 30.3 Å². The van der Waals surface area contributed by atoms with Gasteiger partial charge in [-0.2, -0.15) is 0 Å². The van der Waals surface area contributed by atoms with Gasteiger partial charge in [0, 0.05) is 51.4 Å². The Morgan fingerprint density at radius 1 is 1.08 bits per heavy atom. The molecule has 1 aromatic heterocycles. The predicted molar refractivity (Wildman–Crippen MR) is 106 cm³/mol. The molecule has 25 heavy (non-hydrogen) atoms. The minimum absolute atomic E-state index is 0.179. The van der Waals surface area contributed by atoms with E-state index in [1.54, 1.807) is 0 Å². The fourth-order valence-electron chi connectivity index (χ4n) is 3.68. The van der Waals surface area contributed by atoms with E-state index < -0.39 is 0 Å². The minimum Gasteiger partial charge on any atom is -0.329 e. The molecule has 1 aromatic carbocycles. The summed E-state index contributed by atoms with van der Waals surface area (Å²) in [6.07, 6.45) is 0.